The lowest BCUT2D eigenvalue weighted by Gasteiger charge is -2.37. The first-order valence-electron chi connectivity index (χ1n) is 6.61. The minimum atomic E-state index is -0.650. The molecule has 17 heavy (non-hydrogen) atoms. The summed E-state index contributed by atoms with van der Waals surface area (Å²) in [5.74, 6) is -0.650. The number of ether oxygens (including phenoxy) is 1. The average Bonchev–Trinajstić information content (AvgIpc) is 2.67. The molecule has 2 atom stereocenters. The summed E-state index contributed by atoms with van der Waals surface area (Å²) in [4.78, 5) is 13.5. The van der Waals surface area contributed by atoms with E-state index in [1.165, 1.54) is 0 Å². The fourth-order valence-electron chi connectivity index (χ4n) is 2.75. The molecule has 0 aliphatic carbocycles. The van der Waals surface area contributed by atoms with Gasteiger partial charge in [0, 0.05) is 6.54 Å². The van der Waals surface area contributed by atoms with Gasteiger partial charge in [0.05, 0.1) is 17.6 Å². The average molecular weight is 241 g/mol. The van der Waals surface area contributed by atoms with E-state index in [9.17, 15) is 4.79 Å². The molecule has 2 aliphatic rings. The predicted molar refractivity (Wildman–Crippen MR) is 65.0 cm³/mol. The number of carboxylic acid groups (broad SMARTS) is 1. The molecule has 0 aromatic carbocycles. The van der Waals surface area contributed by atoms with Gasteiger partial charge in [0.2, 0.25) is 0 Å². The number of aliphatic carboxylic acids is 1. The summed E-state index contributed by atoms with van der Waals surface area (Å²) in [7, 11) is 0. The van der Waals surface area contributed by atoms with Crippen molar-refractivity contribution in [2.24, 2.45) is 5.41 Å². The Bertz CT molecular complexity index is 284. The number of hydrogen-bond donors (Lipinski definition) is 1. The highest BCUT2D eigenvalue weighted by molar-refractivity contribution is 5.74. The lowest BCUT2D eigenvalue weighted by Crippen LogP contribution is -2.45. The molecular weight excluding hydrogens is 218 g/mol. The van der Waals surface area contributed by atoms with Gasteiger partial charge in [-0.05, 0) is 52.6 Å². The lowest BCUT2D eigenvalue weighted by atomic mass is 9.80. The van der Waals surface area contributed by atoms with Crippen LogP contribution in [0.4, 0.5) is 0 Å². The van der Waals surface area contributed by atoms with Crippen LogP contribution < -0.4 is 0 Å². The minimum Gasteiger partial charge on any atom is -0.481 e. The quantitative estimate of drug-likeness (QED) is 0.817. The highest BCUT2D eigenvalue weighted by Gasteiger charge is 2.37. The van der Waals surface area contributed by atoms with Crippen molar-refractivity contribution in [1.82, 2.24) is 4.90 Å². The van der Waals surface area contributed by atoms with Gasteiger partial charge >= 0.3 is 5.97 Å². The van der Waals surface area contributed by atoms with Crippen LogP contribution in [0.3, 0.4) is 0 Å². The molecule has 98 valence electrons. The van der Waals surface area contributed by atoms with Crippen LogP contribution in [0.1, 0.15) is 39.5 Å². The van der Waals surface area contributed by atoms with Crippen molar-refractivity contribution in [3.63, 3.8) is 0 Å². The van der Waals surface area contributed by atoms with Crippen molar-refractivity contribution in [3.8, 4) is 0 Å². The van der Waals surface area contributed by atoms with Gasteiger partial charge in [-0.1, -0.05) is 0 Å². The van der Waals surface area contributed by atoms with Crippen LogP contribution in [0, 0.1) is 5.41 Å². The van der Waals surface area contributed by atoms with E-state index in [-0.39, 0.29) is 0 Å². The molecule has 0 bridgehead atoms. The Morgan fingerprint density at radius 1 is 1.41 bits per heavy atom. The largest absolute Gasteiger partial charge is 0.481 e. The second-order valence-electron chi connectivity index (χ2n) is 5.81. The number of likely N-dealkylation sites (tertiary alicyclic amines) is 1. The summed E-state index contributed by atoms with van der Waals surface area (Å²) in [5.41, 5.74) is -0.514. The summed E-state index contributed by atoms with van der Waals surface area (Å²) in [5, 5.41) is 9.16. The molecule has 0 aromatic heterocycles. The minimum absolute atomic E-state index is 0.360. The Morgan fingerprint density at radius 2 is 2.06 bits per heavy atom. The Balaban J connectivity index is 1.78. The fourth-order valence-corrected chi connectivity index (χ4v) is 2.75. The molecular formula is C13H23NO3. The highest BCUT2D eigenvalue weighted by Crippen LogP contribution is 2.31. The molecule has 4 heteroatoms. The van der Waals surface area contributed by atoms with Crippen molar-refractivity contribution in [1.29, 1.82) is 0 Å². The van der Waals surface area contributed by atoms with Gasteiger partial charge in [-0.15, -0.1) is 0 Å². The van der Waals surface area contributed by atoms with E-state index in [1.807, 2.05) is 6.92 Å². The van der Waals surface area contributed by atoms with Crippen molar-refractivity contribution in [2.75, 3.05) is 19.6 Å². The lowest BCUT2D eigenvalue weighted by molar-refractivity contribution is -0.150. The molecule has 0 spiro atoms. The SMILES string of the molecule is CC1CCC(CN2CCC(C)(C(=O)O)CC2)O1. The third kappa shape index (κ3) is 2.99. The smallest absolute Gasteiger partial charge is 0.309 e. The van der Waals surface area contributed by atoms with Gasteiger partial charge in [-0.2, -0.15) is 0 Å². The van der Waals surface area contributed by atoms with Gasteiger partial charge in [-0.25, -0.2) is 0 Å². The summed E-state index contributed by atoms with van der Waals surface area (Å²) in [6.07, 6.45) is 4.57. The Labute approximate surface area is 103 Å². The van der Waals surface area contributed by atoms with E-state index in [4.69, 9.17) is 9.84 Å². The van der Waals surface area contributed by atoms with E-state index >= 15 is 0 Å². The molecule has 2 heterocycles. The van der Waals surface area contributed by atoms with Gasteiger partial charge in [0.25, 0.3) is 0 Å². The highest BCUT2D eigenvalue weighted by atomic mass is 16.5. The second-order valence-corrected chi connectivity index (χ2v) is 5.81. The molecule has 0 aromatic rings. The molecule has 2 aliphatic heterocycles. The van der Waals surface area contributed by atoms with Gasteiger partial charge < -0.3 is 14.7 Å². The topological polar surface area (TPSA) is 49.8 Å². The zero-order valence-corrected chi connectivity index (χ0v) is 10.8. The first-order valence-corrected chi connectivity index (χ1v) is 6.61. The van der Waals surface area contributed by atoms with Crippen molar-refractivity contribution >= 4 is 5.97 Å². The number of piperidine rings is 1. The van der Waals surface area contributed by atoms with Crippen LogP contribution in [-0.4, -0.2) is 47.8 Å². The number of carboxylic acids is 1. The number of rotatable bonds is 3. The molecule has 2 saturated heterocycles. The van der Waals surface area contributed by atoms with E-state index in [0.29, 0.717) is 12.2 Å². The van der Waals surface area contributed by atoms with Crippen molar-refractivity contribution in [3.05, 3.63) is 0 Å². The zero-order chi connectivity index (χ0) is 12.5. The maximum atomic E-state index is 11.1. The van der Waals surface area contributed by atoms with E-state index in [0.717, 1.165) is 45.3 Å². The summed E-state index contributed by atoms with van der Waals surface area (Å²) in [6, 6.07) is 0. The van der Waals surface area contributed by atoms with Crippen LogP contribution in [0.5, 0.6) is 0 Å². The standard InChI is InChI=1S/C13H23NO3/c1-10-3-4-11(17-10)9-14-7-5-13(2,6-8-14)12(15)16/h10-11H,3-9H2,1-2H3,(H,15,16). The molecule has 0 saturated carbocycles. The maximum absolute atomic E-state index is 11.1. The number of hydrogen-bond acceptors (Lipinski definition) is 3. The van der Waals surface area contributed by atoms with Gasteiger partial charge in [0.1, 0.15) is 0 Å². The Morgan fingerprint density at radius 3 is 2.53 bits per heavy atom. The molecule has 2 rings (SSSR count). The third-order valence-corrected chi connectivity index (χ3v) is 4.26. The van der Waals surface area contributed by atoms with E-state index in [2.05, 4.69) is 11.8 Å². The normalized spacial score (nSPS) is 33.8. The zero-order valence-electron chi connectivity index (χ0n) is 10.8. The molecule has 1 N–H and O–H groups in total. The monoisotopic (exact) mass is 241 g/mol. The Kier molecular flexibility index (Phi) is 3.73. The number of carbonyl (C=O) groups is 1. The van der Waals surface area contributed by atoms with Crippen molar-refractivity contribution < 1.29 is 14.6 Å². The van der Waals surface area contributed by atoms with Crippen LogP contribution in [0.25, 0.3) is 0 Å². The van der Waals surface area contributed by atoms with Gasteiger partial charge in [-0.3, -0.25) is 4.79 Å². The molecule has 2 unspecified atom stereocenters. The predicted octanol–water partition coefficient (Wildman–Crippen LogP) is 1.74. The summed E-state index contributed by atoms with van der Waals surface area (Å²) >= 11 is 0. The first-order chi connectivity index (χ1) is 7.99. The Hall–Kier alpha value is -0.610. The maximum Gasteiger partial charge on any atom is 0.309 e. The molecule has 0 amide bonds. The molecule has 0 radical (unpaired) electrons. The van der Waals surface area contributed by atoms with Crippen LogP contribution in [0.15, 0.2) is 0 Å². The summed E-state index contributed by atoms with van der Waals surface area (Å²) in [6.45, 7) is 6.73. The molecule has 2 fully saturated rings. The summed E-state index contributed by atoms with van der Waals surface area (Å²) < 4.78 is 5.81. The van der Waals surface area contributed by atoms with E-state index in [1.54, 1.807) is 0 Å². The van der Waals surface area contributed by atoms with Crippen molar-refractivity contribution in [2.45, 2.75) is 51.7 Å². The third-order valence-electron chi connectivity index (χ3n) is 4.26. The van der Waals surface area contributed by atoms with Crippen LogP contribution in [0.2, 0.25) is 0 Å². The van der Waals surface area contributed by atoms with Gasteiger partial charge in [0.15, 0.2) is 0 Å². The van der Waals surface area contributed by atoms with E-state index < -0.39 is 11.4 Å². The van der Waals surface area contributed by atoms with Crippen LogP contribution >= 0.6 is 0 Å². The second kappa shape index (κ2) is 4.94. The van der Waals surface area contributed by atoms with Crippen LogP contribution in [-0.2, 0) is 9.53 Å². The molecule has 4 nitrogen and oxygen atoms in total. The first kappa shape index (κ1) is 12.8. The fraction of sp³-hybridized carbons (Fsp3) is 0.923. The number of nitrogens with zero attached hydrogens (tertiary/aromatic N) is 1.